The summed E-state index contributed by atoms with van der Waals surface area (Å²) in [6.45, 7) is 0. The molecule has 1 aromatic carbocycles. The standard InChI is InChI=1S/C13H17BN2/c14-11-6-7-13(10(8-11)9-15)16-12-4-2-1-3-5-12/h6-9,12,15-16H,1-5H2. The minimum absolute atomic E-state index is 0.566. The Morgan fingerprint density at radius 1 is 1.25 bits per heavy atom. The molecule has 2 radical (unpaired) electrons. The Balaban J connectivity index is 2.10. The molecular weight excluding hydrogens is 195 g/mol. The third-order valence-corrected chi connectivity index (χ3v) is 3.20. The zero-order valence-electron chi connectivity index (χ0n) is 9.50. The summed E-state index contributed by atoms with van der Waals surface area (Å²) >= 11 is 0. The largest absolute Gasteiger partial charge is 0.382 e. The van der Waals surface area contributed by atoms with Gasteiger partial charge in [-0.1, -0.05) is 36.9 Å². The number of rotatable bonds is 3. The minimum Gasteiger partial charge on any atom is -0.382 e. The number of hydrogen-bond donors (Lipinski definition) is 2. The molecule has 1 aromatic rings. The number of hydrogen-bond acceptors (Lipinski definition) is 2. The Kier molecular flexibility index (Phi) is 3.65. The van der Waals surface area contributed by atoms with Crippen LogP contribution in [-0.4, -0.2) is 20.1 Å². The summed E-state index contributed by atoms with van der Waals surface area (Å²) in [5, 5.41) is 10.9. The van der Waals surface area contributed by atoms with Crippen molar-refractivity contribution in [3.05, 3.63) is 23.8 Å². The van der Waals surface area contributed by atoms with Gasteiger partial charge in [-0.05, 0) is 18.9 Å². The lowest BCUT2D eigenvalue weighted by Crippen LogP contribution is -2.23. The van der Waals surface area contributed by atoms with Crippen molar-refractivity contribution in [2.45, 2.75) is 38.1 Å². The highest BCUT2D eigenvalue weighted by Gasteiger charge is 2.13. The first-order chi connectivity index (χ1) is 7.79. The third-order valence-electron chi connectivity index (χ3n) is 3.20. The minimum atomic E-state index is 0.566. The second-order valence-corrected chi connectivity index (χ2v) is 4.47. The zero-order valence-corrected chi connectivity index (χ0v) is 9.50. The van der Waals surface area contributed by atoms with Crippen LogP contribution in [-0.2, 0) is 0 Å². The van der Waals surface area contributed by atoms with Crippen molar-refractivity contribution in [3.63, 3.8) is 0 Å². The maximum Gasteiger partial charge on any atom is 0.113 e. The predicted molar refractivity (Wildman–Crippen MR) is 70.2 cm³/mol. The van der Waals surface area contributed by atoms with Crippen LogP contribution in [0.4, 0.5) is 5.69 Å². The molecule has 1 aliphatic rings. The fraction of sp³-hybridized carbons (Fsp3) is 0.462. The molecular formula is C13H17BN2. The van der Waals surface area contributed by atoms with Crippen LogP contribution in [0, 0.1) is 5.41 Å². The van der Waals surface area contributed by atoms with E-state index in [-0.39, 0.29) is 0 Å². The summed E-state index contributed by atoms with van der Waals surface area (Å²) in [5.41, 5.74) is 2.63. The van der Waals surface area contributed by atoms with Crippen molar-refractivity contribution in [3.8, 4) is 0 Å². The van der Waals surface area contributed by atoms with E-state index in [2.05, 4.69) is 5.32 Å². The molecule has 0 unspecified atom stereocenters. The molecule has 0 aliphatic heterocycles. The van der Waals surface area contributed by atoms with Gasteiger partial charge in [-0.3, -0.25) is 0 Å². The summed E-state index contributed by atoms with van der Waals surface area (Å²) in [6, 6.07) is 6.27. The lowest BCUT2D eigenvalue weighted by molar-refractivity contribution is 0.463. The highest BCUT2D eigenvalue weighted by Crippen LogP contribution is 2.22. The van der Waals surface area contributed by atoms with Crippen LogP contribution in [0.5, 0.6) is 0 Å². The predicted octanol–water partition coefficient (Wildman–Crippen LogP) is 2.22. The van der Waals surface area contributed by atoms with Gasteiger partial charge in [-0.2, -0.15) is 0 Å². The van der Waals surface area contributed by atoms with E-state index in [0.717, 1.165) is 11.3 Å². The van der Waals surface area contributed by atoms with Crippen LogP contribution < -0.4 is 10.8 Å². The third kappa shape index (κ3) is 2.66. The molecule has 0 spiro atoms. The van der Waals surface area contributed by atoms with E-state index >= 15 is 0 Å². The zero-order chi connectivity index (χ0) is 11.4. The Hall–Kier alpha value is -1.25. The summed E-state index contributed by atoms with van der Waals surface area (Å²) in [5.74, 6) is 0. The van der Waals surface area contributed by atoms with E-state index in [1.807, 2.05) is 18.2 Å². The van der Waals surface area contributed by atoms with E-state index in [9.17, 15) is 0 Å². The SMILES string of the molecule is [B]c1ccc(NC2CCCCC2)c(C=N)c1. The average molecular weight is 212 g/mol. The van der Waals surface area contributed by atoms with Gasteiger partial charge < -0.3 is 10.7 Å². The second-order valence-electron chi connectivity index (χ2n) is 4.47. The topological polar surface area (TPSA) is 35.9 Å². The molecule has 0 amide bonds. The van der Waals surface area contributed by atoms with E-state index in [1.54, 1.807) is 0 Å². The second kappa shape index (κ2) is 5.19. The smallest absolute Gasteiger partial charge is 0.113 e. The molecule has 2 N–H and O–H groups in total. The highest BCUT2D eigenvalue weighted by molar-refractivity contribution is 6.32. The van der Waals surface area contributed by atoms with Crippen molar-refractivity contribution in [2.24, 2.45) is 0 Å². The molecule has 1 fully saturated rings. The fourth-order valence-electron chi connectivity index (χ4n) is 2.30. The Morgan fingerprint density at radius 2 is 2.00 bits per heavy atom. The van der Waals surface area contributed by atoms with Gasteiger partial charge in [0.1, 0.15) is 7.85 Å². The molecule has 0 aromatic heterocycles. The Labute approximate surface area is 98.4 Å². The monoisotopic (exact) mass is 212 g/mol. The summed E-state index contributed by atoms with van der Waals surface area (Å²) in [7, 11) is 5.71. The molecule has 16 heavy (non-hydrogen) atoms. The lowest BCUT2D eigenvalue weighted by Gasteiger charge is -2.24. The maximum absolute atomic E-state index is 7.38. The van der Waals surface area contributed by atoms with Crippen molar-refractivity contribution >= 4 is 25.2 Å². The maximum atomic E-state index is 7.38. The van der Waals surface area contributed by atoms with Crippen LogP contribution in [0.15, 0.2) is 18.2 Å². The summed E-state index contributed by atoms with van der Waals surface area (Å²) in [6.07, 6.45) is 7.82. The first kappa shape index (κ1) is 11.2. The van der Waals surface area contributed by atoms with E-state index < -0.39 is 0 Å². The number of nitrogens with one attached hydrogen (secondary N) is 2. The van der Waals surface area contributed by atoms with Crippen LogP contribution in [0.1, 0.15) is 37.7 Å². The van der Waals surface area contributed by atoms with Crippen LogP contribution in [0.3, 0.4) is 0 Å². The fourth-order valence-corrected chi connectivity index (χ4v) is 2.30. The van der Waals surface area contributed by atoms with Crippen LogP contribution >= 0.6 is 0 Å². The molecule has 1 saturated carbocycles. The number of benzene rings is 1. The molecule has 0 bridgehead atoms. The van der Waals surface area contributed by atoms with Gasteiger partial charge in [-0.25, -0.2) is 0 Å². The molecule has 2 nitrogen and oxygen atoms in total. The normalized spacial score (nSPS) is 17.0. The average Bonchev–Trinajstić information content (AvgIpc) is 2.33. The summed E-state index contributed by atoms with van der Waals surface area (Å²) < 4.78 is 0. The lowest BCUT2D eigenvalue weighted by atomic mass is 9.92. The first-order valence-corrected chi connectivity index (χ1v) is 5.96. The van der Waals surface area contributed by atoms with Crippen LogP contribution in [0.2, 0.25) is 0 Å². The van der Waals surface area contributed by atoms with Crippen LogP contribution in [0.25, 0.3) is 0 Å². The van der Waals surface area contributed by atoms with Gasteiger partial charge in [0, 0.05) is 23.5 Å². The van der Waals surface area contributed by atoms with E-state index in [4.69, 9.17) is 13.3 Å². The van der Waals surface area contributed by atoms with Crippen molar-refractivity contribution < 1.29 is 0 Å². The van der Waals surface area contributed by atoms with Crippen molar-refractivity contribution in [1.29, 1.82) is 5.41 Å². The molecule has 2 rings (SSSR count). The van der Waals surface area contributed by atoms with Gasteiger partial charge in [0.2, 0.25) is 0 Å². The molecule has 1 aliphatic carbocycles. The molecule has 0 heterocycles. The van der Waals surface area contributed by atoms with Crippen molar-refractivity contribution in [2.75, 3.05) is 5.32 Å². The van der Waals surface area contributed by atoms with Gasteiger partial charge >= 0.3 is 0 Å². The Bertz CT molecular complexity index is 370. The molecule has 3 heteroatoms. The molecule has 0 saturated heterocycles. The number of anilines is 1. The Morgan fingerprint density at radius 3 is 2.69 bits per heavy atom. The van der Waals surface area contributed by atoms with E-state index in [1.165, 1.54) is 38.3 Å². The van der Waals surface area contributed by atoms with Gasteiger partial charge in [0.25, 0.3) is 0 Å². The first-order valence-electron chi connectivity index (χ1n) is 5.96. The quantitative estimate of drug-likeness (QED) is 0.584. The van der Waals surface area contributed by atoms with Gasteiger partial charge in [0.15, 0.2) is 0 Å². The van der Waals surface area contributed by atoms with Gasteiger partial charge in [-0.15, -0.1) is 0 Å². The highest BCUT2D eigenvalue weighted by atomic mass is 14.9. The summed E-state index contributed by atoms with van der Waals surface area (Å²) in [4.78, 5) is 0. The van der Waals surface area contributed by atoms with E-state index in [0.29, 0.717) is 11.5 Å². The molecule has 0 atom stereocenters. The van der Waals surface area contributed by atoms with Crippen molar-refractivity contribution in [1.82, 2.24) is 0 Å². The molecule has 82 valence electrons. The van der Waals surface area contributed by atoms with Gasteiger partial charge in [0.05, 0.1) is 0 Å².